The predicted molar refractivity (Wildman–Crippen MR) is 143 cm³/mol. The zero-order chi connectivity index (χ0) is 26.8. The van der Waals surface area contributed by atoms with Crippen LogP contribution in [-0.2, 0) is 27.4 Å². The van der Waals surface area contributed by atoms with Crippen LogP contribution >= 0.6 is 0 Å². The average Bonchev–Trinajstić information content (AvgIpc) is 2.82. The Labute approximate surface area is 214 Å². The second-order valence-corrected chi connectivity index (χ2v) is 15.2. The number of aliphatic carboxylic acids is 1. The predicted octanol–water partition coefficient (Wildman–Crippen LogP) is 4.53. The minimum atomic E-state index is -1.92. The summed E-state index contributed by atoms with van der Waals surface area (Å²) in [5, 5.41) is 14.9. The number of hydrogen-bond donors (Lipinski definition) is 3. The number of alkyl carbamates (subject to hydrolysis) is 1. The molecule has 0 aliphatic carbocycles. The highest BCUT2D eigenvalue weighted by Gasteiger charge is 2.34. The summed E-state index contributed by atoms with van der Waals surface area (Å²) in [6.07, 6.45) is -0.612. The summed E-state index contributed by atoms with van der Waals surface area (Å²) in [6.45, 7) is 10.7. The van der Waals surface area contributed by atoms with Crippen molar-refractivity contribution in [2.24, 2.45) is 0 Å². The first-order valence-electron chi connectivity index (χ1n) is 11.9. The van der Waals surface area contributed by atoms with Gasteiger partial charge < -0.3 is 20.5 Å². The number of carbonyl (C=O) groups is 3. The summed E-state index contributed by atoms with van der Waals surface area (Å²) >= 11 is 0. The zero-order valence-corrected chi connectivity index (χ0v) is 22.6. The molecular formula is C28H36N2O5Si. The van der Waals surface area contributed by atoms with Crippen molar-refractivity contribution in [3.63, 3.8) is 0 Å². The van der Waals surface area contributed by atoms with Crippen molar-refractivity contribution in [3.05, 3.63) is 71.8 Å². The van der Waals surface area contributed by atoms with Gasteiger partial charge in [-0.15, -0.1) is 11.5 Å². The molecule has 2 rings (SSSR count). The smallest absolute Gasteiger partial charge is 0.408 e. The lowest BCUT2D eigenvalue weighted by atomic mass is 10.0. The molecule has 0 bridgehead atoms. The lowest BCUT2D eigenvalue weighted by Gasteiger charge is -2.31. The molecule has 0 spiro atoms. The Morgan fingerprint density at radius 3 is 2.00 bits per heavy atom. The Balaban J connectivity index is 2.11. The van der Waals surface area contributed by atoms with Gasteiger partial charge in [-0.3, -0.25) is 4.79 Å². The molecule has 192 valence electrons. The number of hydrogen-bond acceptors (Lipinski definition) is 4. The number of ether oxygens (including phenoxy) is 1. The zero-order valence-electron chi connectivity index (χ0n) is 21.6. The summed E-state index contributed by atoms with van der Waals surface area (Å²) < 4.78 is 5.27. The summed E-state index contributed by atoms with van der Waals surface area (Å²) in [5.41, 5.74) is 4.89. The summed E-state index contributed by atoms with van der Waals surface area (Å²) in [6, 6.07) is 16.1. The Hall–Kier alpha value is -3.57. The van der Waals surface area contributed by atoms with E-state index in [1.54, 1.807) is 0 Å². The number of nitrogens with one attached hydrogen (secondary N) is 2. The standard InChI is InChI=1S/C28H36N2O5Si/c1-28(2,3)36(4,5)18-12-17-23(26(32)33)29-25(31)24(19-21-13-8-6-9-14-21)30-27(34)35-20-22-15-10-7-11-16-22/h6-11,13-16,23-24H,17,19-20H2,1-5H3,(H,29,31)(H,30,34)(H,32,33)/t23-,24+/m0/s1. The van der Waals surface area contributed by atoms with Gasteiger partial charge in [0, 0.05) is 12.8 Å². The van der Waals surface area contributed by atoms with E-state index in [0.29, 0.717) is 0 Å². The van der Waals surface area contributed by atoms with E-state index in [0.717, 1.165) is 11.1 Å². The third-order valence-electron chi connectivity index (χ3n) is 6.30. The van der Waals surface area contributed by atoms with Gasteiger partial charge in [0.05, 0.1) is 0 Å². The first kappa shape index (κ1) is 28.7. The number of carboxylic acids is 1. The van der Waals surface area contributed by atoms with Gasteiger partial charge in [0.1, 0.15) is 26.8 Å². The number of amides is 2. The maximum Gasteiger partial charge on any atom is 0.408 e. The van der Waals surface area contributed by atoms with Gasteiger partial charge in [0.25, 0.3) is 0 Å². The lowest BCUT2D eigenvalue weighted by Crippen LogP contribution is -2.52. The Morgan fingerprint density at radius 1 is 0.917 bits per heavy atom. The van der Waals surface area contributed by atoms with E-state index < -0.39 is 38.1 Å². The molecule has 2 atom stereocenters. The molecule has 0 saturated carbocycles. The van der Waals surface area contributed by atoms with E-state index in [4.69, 9.17) is 4.74 Å². The SMILES string of the molecule is CC(C)(C)[Si](C)(C)C#CC[C@H](NC(=O)[C@@H](Cc1ccccc1)NC(=O)OCc1ccccc1)C(=O)O. The molecule has 0 fully saturated rings. The Kier molecular flexibility index (Phi) is 10.3. The molecule has 0 heterocycles. The molecule has 0 aromatic heterocycles. The van der Waals surface area contributed by atoms with E-state index in [2.05, 4.69) is 56.0 Å². The van der Waals surface area contributed by atoms with Gasteiger partial charge in [-0.2, -0.15) is 0 Å². The molecular weight excluding hydrogens is 472 g/mol. The molecule has 2 aromatic carbocycles. The van der Waals surface area contributed by atoms with Crippen molar-refractivity contribution < 1.29 is 24.2 Å². The van der Waals surface area contributed by atoms with Crippen molar-refractivity contribution >= 4 is 26.0 Å². The molecule has 7 nitrogen and oxygen atoms in total. The maximum absolute atomic E-state index is 13.1. The average molecular weight is 509 g/mol. The van der Waals surface area contributed by atoms with Crippen molar-refractivity contribution in [1.29, 1.82) is 0 Å². The fourth-order valence-electron chi connectivity index (χ4n) is 3.00. The highest BCUT2D eigenvalue weighted by atomic mass is 28.3. The van der Waals surface area contributed by atoms with Crippen LogP contribution in [0.2, 0.25) is 18.1 Å². The molecule has 0 unspecified atom stereocenters. The van der Waals surface area contributed by atoms with Gasteiger partial charge in [0.2, 0.25) is 5.91 Å². The van der Waals surface area contributed by atoms with Crippen LogP contribution in [0.5, 0.6) is 0 Å². The highest BCUT2D eigenvalue weighted by Crippen LogP contribution is 2.35. The quantitative estimate of drug-likeness (QED) is 0.341. The number of benzene rings is 2. The van der Waals surface area contributed by atoms with Crippen molar-refractivity contribution in [2.45, 2.75) is 70.4 Å². The monoisotopic (exact) mass is 508 g/mol. The van der Waals surface area contributed by atoms with E-state index >= 15 is 0 Å². The van der Waals surface area contributed by atoms with Crippen LogP contribution < -0.4 is 10.6 Å². The van der Waals surface area contributed by atoms with Gasteiger partial charge in [-0.05, 0) is 16.2 Å². The van der Waals surface area contributed by atoms with E-state index in [1.807, 2.05) is 60.7 Å². The van der Waals surface area contributed by atoms with Crippen LogP contribution in [0.1, 0.15) is 38.3 Å². The fourth-order valence-corrected chi connectivity index (χ4v) is 3.92. The van der Waals surface area contributed by atoms with E-state index in [-0.39, 0.29) is 24.5 Å². The maximum atomic E-state index is 13.1. The van der Waals surface area contributed by atoms with E-state index in [9.17, 15) is 19.5 Å². The number of carbonyl (C=O) groups excluding carboxylic acids is 2. The summed E-state index contributed by atoms with van der Waals surface area (Å²) in [4.78, 5) is 37.4. The van der Waals surface area contributed by atoms with Crippen LogP contribution in [0.15, 0.2) is 60.7 Å². The minimum Gasteiger partial charge on any atom is -0.480 e. The molecule has 2 amide bonds. The lowest BCUT2D eigenvalue weighted by molar-refractivity contribution is -0.141. The second kappa shape index (κ2) is 12.9. The molecule has 0 aliphatic rings. The molecule has 3 N–H and O–H groups in total. The van der Waals surface area contributed by atoms with Gasteiger partial charge in [-0.25, -0.2) is 9.59 Å². The minimum absolute atomic E-state index is 0.0237. The van der Waals surface area contributed by atoms with Crippen molar-refractivity contribution in [2.75, 3.05) is 0 Å². The van der Waals surface area contributed by atoms with Crippen LogP contribution in [-0.4, -0.2) is 43.2 Å². The van der Waals surface area contributed by atoms with Crippen LogP contribution in [0.3, 0.4) is 0 Å². The van der Waals surface area contributed by atoms with Crippen molar-refractivity contribution in [3.8, 4) is 11.5 Å². The molecule has 0 radical (unpaired) electrons. The Bertz CT molecular complexity index is 1090. The Morgan fingerprint density at radius 2 is 1.47 bits per heavy atom. The first-order valence-corrected chi connectivity index (χ1v) is 14.9. The molecule has 36 heavy (non-hydrogen) atoms. The first-order chi connectivity index (χ1) is 16.9. The fraction of sp³-hybridized carbons (Fsp3) is 0.393. The normalized spacial score (nSPS) is 12.9. The number of rotatable bonds is 9. The summed E-state index contributed by atoms with van der Waals surface area (Å²) in [7, 11) is -1.92. The van der Waals surface area contributed by atoms with E-state index in [1.165, 1.54) is 0 Å². The van der Waals surface area contributed by atoms with Crippen LogP contribution in [0.25, 0.3) is 0 Å². The molecule has 2 aromatic rings. The molecule has 8 heteroatoms. The van der Waals surface area contributed by atoms with Crippen molar-refractivity contribution in [1.82, 2.24) is 10.6 Å². The van der Waals surface area contributed by atoms with Gasteiger partial charge >= 0.3 is 12.1 Å². The third kappa shape index (κ3) is 9.23. The molecule has 0 saturated heterocycles. The third-order valence-corrected chi connectivity index (χ3v) is 10.9. The van der Waals surface area contributed by atoms with Crippen LogP contribution in [0, 0.1) is 11.5 Å². The molecule has 0 aliphatic heterocycles. The number of carboxylic acid groups (broad SMARTS) is 1. The van der Waals surface area contributed by atoms with Gasteiger partial charge in [0.15, 0.2) is 0 Å². The highest BCUT2D eigenvalue weighted by molar-refractivity contribution is 6.87. The topological polar surface area (TPSA) is 105 Å². The van der Waals surface area contributed by atoms with Gasteiger partial charge in [-0.1, -0.05) is 94.5 Å². The van der Waals surface area contributed by atoms with Crippen LogP contribution in [0.4, 0.5) is 4.79 Å². The largest absolute Gasteiger partial charge is 0.480 e. The second-order valence-electron chi connectivity index (χ2n) is 10.2. The summed E-state index contributed by atoms with van der Waals surface area (Å²) in [5.74, 6) is 1.19.